The third kappa shape index (κ3) is 3.78. The van der Waals surface area contributed by atoms with Crippen LogP contribution in [-0.4, -0.2) is 29.3 Å². The molecule has 1 unspecified atom stereocenters. The minimum atomic E-state index is -0.405. The van der Waals surface area contributed by atoms with E-state index in [0.717, 1.165) is 31.7 Å². The van der Waals surface area contributed by atoms with E-state index in [9.17, 15) is 9.59 Å². The molecule has 2 N–H and O–H groups in total. The fraction of sp³-hybridized carbons (Fsp3) is 0.333. The van der Waals surface area contributed by atoms with Gasteiger partial charge in [0.1, 0.15) is 6.04 Å². The molecule has 5 heteroatoms. The van der Waals surface area contributed by atoms with Gasteiger partial charge in [-0.15, -0.1) is 0 Å². The van der Waals surface area contributed by atoms with E-state index in [1.165, 1.54) is 16.7 Å². The van der Waals surface area contributed by atoms with Crippen LogP contribution in [0.3, 0.4) is 0 Å². The summed E-state index contributed by atoms with van der Waals surface area (Å²) in [7, 11) is 0. The predicted octanol–water partition coefficient (Wildman–Crippen LogP) is 2.46. The van der Waals surface area contributed by atoms with Crippen molar-refractivity contribution in [3.05, 3.63) is 65.2 Å². The highest BCUT2D eigenvalue weighted by atomic mass is 16.2. The van der Waals surface area contributed by atoms with E-state index in [1.54, 1.807) is 0 Å². The van der Waals surface area contributed by atoms with Crippen LogP contribution in [0.1, 0.15) is 29.5 Å². The van der Waals surface area contributed by atoms with Crippen LogP contribution in [0, 0.1) is 0 Å². The fourth-order valence-corrected chi connectivity index (χ4v) is 3.67. The van der Waals surface area contributed by atoms with Gasteiger partial charge in [0, 0.05) is 31.7 Å². The summed E-state index contributed by atoms with van der Waals surface area (Å²) >= 11 is 0. The molecule has 0 bridgehead atoms. The zero-order valence-corrected chi connectivity index (χ0v) is 14.7. The summed E-state index contributed by atoms with van der Waals surface area (Å²) in [5, 5.41) is 5.64. The van der Waals surface area contributed by atoms with Crippen molar-refractivity contribution in [1.82, 2.24) is 10.2 Å². The van der Waals surface area contributed by atoms with E-state index in [-0.39, 0.29) is 11.8 Å². The zero-order valence-electron chi connectivity index (χ0n) is 14.7. The van der Waals surface area contributed by atoms with Gasteiger partial charge >= 0.3 is 0 Å². The van der Waals surface area contributed by atoms with Crippen LogP contribution in [-0.2, 0) is 29.1 Å². The van der Waals surface area contributed by atoms with E-state index in [2.05, 4.69) is 51.9 Å². The highest BCUT2D eigenvalue weighted by Crippen LogP contribution is 2.26. The first-order valence-corrected chi connectivity index (χ1v) is 9.16. The predicted molar refractivity (Wildman–Crippen MR) is 100 cm³/mol. The molecule has 0 radical (unpaired) electrons. The first-order valence-electron chi connectivity index (χ1n) is 9.16. The molecule has 5 nitrogen and oxygen atoms in total. The van der Waals surface area contributed by atoms with Crippen LogP contribution in [0.5, 0.6) is 0 Å². The maximum atomic E-state index is 12.2. The molecular formula is C21H23N3O2. The number of carbonyl (C=O) groups is 2. The Morgan fingerprint density at radius 1 is 1.12 bits per heavy atom. The fourth-order valence-electron chi connectivity index (χ4n) is 3.67. The first kappa shape index (κ1) is 16.8. The molecule has 0 spiro atoms. The Hall–Kier alpha value is -2.66. The zero-order chi connectivity index (χ0) is 17.9. The van der Waals surface area contributed by atoms with Crippen molar-refractivity contribution in [3.8, 4) is 0 Å². The third-order valence-electron chi connectivity index (χ3n) is 5.13. The van der Waals surface area contributed by atoms with Gasteiger partial charge in [0.05, 0.1) is 0 Å². The minimum absolute atomic E-state index is 0.0480. The number of benzene rings is 2. The van der Waals surface area contributed by atoms with Crippen LogP contribution in [0.4, 0.5) is 5.69 Å². The normalized spacial score (nSPS) is 19.2. The number of hydrogen-bond donors (Lipinski definition) is 2. The topological polar surface area (TPSA) is 61.4 Å². The Morgan fingerprint density at radius 3 is 2.69 bits per heavy atom. The molecule has 1 atom stereocenters. The first-order chi connectivity index (χ1) is 12.7. The molecule has 0 aromatic heterocycles. The van der Waals surface area contributed by atoms with Crippen LogP contribution in [0.25, 0.3) is 0 Å². The maximum absolute atomic E-state index is 12.2. The van der Waals surface area contributed by atoms with Crippen molar-refractivity contribution in [2.45, 2.75) is 38.4 Å². The van der Waals surface area contributed by atoms with Crippen LogP contribution < -0.4 is 10.6 Å². The Morgan fingerprint density at radius 2 is 1.92 bits per heavy atom. The number of nitrogens with zero attached hydrogens (tertiary/aromatic N) is 1. The van der Waals surface area contributed by atoms with Crippen LogP contribution >= 0.6 is 0 Å². The van der Waals surface area contributed by atoms with Gasteiger partial charge in [0.25, 0.3) is 0 Å². The average molecular weight is 349 g/mol. The van der Waals surface area contributed by atoms with Crippen molar-refractivity contribution in [2.75, 3.05) is 11.9 Å². The molecule has 2 aromatic carbocycles. The average Bonchev–Trinajstić information content (AvgIpc) is 3.26. The minimum Gasteiger partial charge on any atom is -0.344 e. The lowest BCUT2D eigenvalue weighted by Crippen LogP contribution is -2.37. The number of anilines is 1. The standard InChI is InChI=1S/C21H23N3O2/c25-20-9-8-19(23-20)21(26)22-18-7-6-16-13-24(14-17(16)12-18)11-10-15-4-2-1-3-5-15/h1-7,12,19H,8-11,13-14H2,(H,22,26)(H,23,25). The molecular weight excluding hydrogens is 326 g/mol. The van der Waals surface area contributed by atoms with E-state index in [4.69, 9.17) is 0 Å². The van der Waals surface area contributed by atoms with Crippen LogP contribution in [0.15, 0.2) is 48.5 Å². The Kier molecular flexibility index (Phi) is 4.71. The number of hydrogen-bond acceptors (Lipinski definition) is 3. The van der Waals surface area contributed by atoms with Crippen LogP contribution in [0.2, 0.25) is 0 Å². The maximum Gasteiger partial charge on any atom is 0.246 e. The van der Waals surface area contributed by atoms with E-state index in [0.29, 0.717) is 12.8 Å². The van der Waals surface area contributed by atoms with E-state index >= 15 is 0 Å². The lowest BCUT2D eigenvalue weighted by atomic mass is 10.1. The van der Waals surface area contributed by atoms with Crippen molar-refractivity contribution >= 4 is 17.5 Å². The highest BCUT2D eigenvalue weighted by molar-refractivity contribution is 5.99. The summed E-state index contributed by atoms with van der Waals surface area (Å²) in [6.45, 7) is 2.88. The lowest BCUT2D eigenvalue weighted by molar-refractivity contribution is -0.122. The Labute approximate surface area is 153 Å². The van der Waals surface area contributed by atoms with Crippen molar-refractivity contribution in [1.29, 1.82) is 0 Å². The molecule has 0 saturated carbocycles. The van der Waals surface area contributed by atoms with Crippen molar-refractivity contribution in [3.63, 3.8) is 0 Å². The van der Waals surface area contributed by atoms with Gasteiger partial charge in [-0.2, -0.15) is 0 Å². The molecule has 2 amide bonds. The van der Waals surface area contributed by atoms with Crippen molar-refractivity contribution < 1.29 is 9.59 Å². The van der Waals surface area contributed by atoms with Gasteiger partial charge < -0.3 is 10.6 Å². The van der Waals surface area contributed by atoms with Gasteiger partial charge in [0.2, 0.25) is 11.8 Å². The lowest BCUT2D eigenvalue weighted by Gasteiger charge is -2.14. The van der Waals surface area contributed by atoms with Gasteiger partial charge in [0.15, 0.2) is 0 Å². The Bertz CT molecular complexity index is 819. The largest absolute Gasteiger partial charge is 0.344 e. The number of nitrogens with one attached hydrogen (secondary N) is 2. The summed E-state index contributed by atoms with van der Waals surface area (Å²) in [5.41, 5.74) is 4.76. The smallest absolute Gasteiger partial charge is 0.246 e. The van der Waals surface area contributed by atoms with Gasteiger partial charge in [-0.1, -0.05) is 36.4 Å². The summed E-state index contributed by atoms with van der Waals surface area (Å²) < 4.78 is 0. The number of carbonyl (C=O) groups excluding carboxylic acids is 2. The number of amides is 2. The molecule has 2 heterocycles. The monoisotopic (exact) mass is 349 g/mol. The second kappa shape index (κ2) is 7.30. The molecule has 1 saturated heterocycles. The molecule has 4 rings (SSSR count). The summed E-state index contributed by atoms with van der Waals surface area (Å²) in [4.78, 5) is 25.9. The van der Waals surface area contributed by atoms with Crippen molar-refractivity contribution in [2.24, 2.45) is 0 Å². The molecule has 1 fully saturated rings. The van der Waals surface area contributed by atoms with Gasteiger partial charge in [-0.05, 0) is 41.7 Å². The molecule has 0 aliphatic carbocycles. The molecule has 2 aliphatic rings. The molecule has 134 valence electrons. The highest BCUT2D eigenvalue weighted by Gasteiger charge is 2.27. The molecule has 2 aliphatic heterocycles. The quantitative estimate of drug-likeness (QED) is 0.872. The number of fused-ring (bicyclic) bond motifs is 1. The summed E-state index contributed by atoms with van der Waals surface area (Å²) in [6, 6.07) is 16.2. The van der Waals surface area contributed by atoms with Gasteiger partial charge in [-0.3, -0.25) is 14.5 Å². The third-order valence-corrected chi connectivity index (χ3v) is 5.13. The van der Waals surface area contributed by atoms with Gasteiger partial charge in [-0.25, -0.2) is 0 Å². The van der Waals surface area contributed by atoms with E-state index < -0.39 is 6.04 Å². The second-order valence-corrected chi connectivity index (χ2v) is 7.08. The summed E-state index contributed by atoms with van der Waals surface area (Å²) in [5.74, 6) is -0.178. The number of rotatable bonds is 5. The second-order valence-electron chi connectivity index (χ2n) is 7.08. The SMILES string of the molecule is O=C1CCC(C(=O)Nc2ccc3c(c2)CN(CCc2ccccc2)C3)N1. The molecule has 2 aromatic rings. The van der Waals surface area contributed by atoms with E-state index in [1.807, 2.05) is 12.1 Å². The molecule has 26 heavy (non-hydrogen) atoms. The Balaban J connectivity index is 1.34. The summed E-state index contributed by atoms with van der Waals surface area (Å²) in [6.07, 6.45) is 2.04.